The van der Waals surface area contributed by atoms with E-state index in [0.717, 1.165) is 30.2 Å². The molecule has 2 rings (SSSR count). The molecule has 1 fully saturated rings. The van der Waals surface area contributed by atoms with Crippen molar-refractivity contribution in [2.24, 2.45) is 12.8 Å². The second-order valence-electron chi connectivity index (χ2n) is 7.10. The number of aliphatic hydroxyl groups is 1. The number of halogens is 4. The van der Waals surface area contributed by atoms with Crippen molar-refractivity contribution in [2.45, 2.75) is 63.1 Å². The van der Waals surface area contributed by atoms with Crippen LogP contribution in [0.3, 0.4) is 0 Å². The number of carboxylic acids is 1. The number of hydrogen-bond acceptors (Lipinski definition) is 6. The number of aromatic nitrogens is 1. The monoisotopic (exact) mass is 515 g/mol. The first-order chi connectivity index (χ1) is 14.2. The Labute approximate surface area is 184 Å². The molecule has 1 heterocycles. The minimum atomic E-state index is -5.08. The van der Waals surface area contributed by atoms with E-state index >= 15 is 0 Å². The Bertz CT molecular complexity index is 823. The topological polar surface area (TPSA) is 144 Å². The van der Waals surface area contributed by atoms with Crippen LogP contribution in [0.1, 0.15) is 32.6 Å². The molecule has 1 saturated carbocycles. The largest absolute Gasteiger partial charge is 0.490 e. The smallest absolute Gasteiger partial charge is 0.489 e. The van der Waals surface area contributed by atoms with E-state index in [2.05, 4.69) is 21.2 Å². The highest BCUT2D eigenvalue weighted by Gasteiger charge is 2.38. The summed E-state index contributed by atoms with van der Waals surface area (Å²) in [5, 5.41) is 19.4. The van der Waals surface area contributed by atoms with E-state index in [0.29, 0.717) is 5.75 Å². The predicted molar refractivity (Wildman–Crippen MR) is 108 cm³/mol. The van der Waals surface area contributed by atoms with Crippen molar-refractivity contribution in [3.8, 4) is 5.75 Å². The summed E-state index contributed by atoms with van der Waals surface area (Å²) in [5.41, 5.74) is 5.50. The van der Waals surface area contributed by atoms with Crippen molar-refractivity contribution in [3.05, 3.63) is 27.1 Å². The molecule has 5 N–H and O–H groups in total. The number of carbonyl (C=O) groups excluding carboxylic acids is 1. The molecule has 31 heavy (non-hydrogen) atoms. The number of nitrogens with one attached hydrogen (secondary N) is 1. The number of aryl methyl sites for hydroxylation is 1. The van der Waals surface area contributed by atoms with Gasteiger partial charge in [0, 0.05) is 25.4 Å². The molecular weight excluding hydrogens is 491 g/mol. The first kappa shape index (κ1) is 26.9. The second kappa shape index (κ2) is 11.5. The van der Waals surface area contributed by atoms with Crippen molar-refractivity contribution in [3.63, 3.8) is 0 Å². The number of alkyl halides is 3. The van der Waals surface area contributed by atoms with Crippen LogP contribution in [0.2, 0.25) is 0 Å². The molecule has 1 aromatic rings. The van der Waals surface area contributed by atoms with Gasteiger partial charge in [-0.3, -0.25) is 9.59 Å². The molecule has 0 spiro atoms. The van der Waals surface area contributed by atoms with Crippen LogP contribution < -0.4 is 21.3 Å². The molecule has 2 atom stereocenters. The Morgan fingerprint density at radius 1 is 1.32 bits per heavy atom. The molecule has 1 aliphatic rings. The highest BCUT2D eigenvalue weighted by molar-refractivity contribution is 9.10. The van der Waals surface area contributed by atoms with Gasteiger partial charge in [0.15, 0.2) is 0 Å². The molecule has 13 heteroatoms. The fourth-order valence-electron chi connectivity index (χ4n) is 2.69. The van der Waals surface area contributed by atoms with Crippen molar-refractivity contribution in [2.75, 3.05) is 0 Å². The van der Waals surface area contributed by atoms with Crippen LogP contribution in [0.5, 0.6) is 5.75 Å². The zero-order chi connectivity index (χ0) is 23.9. The summed E-state index contributed by atoms with van der Waals surface area (Å²) >= 11 is 3.40. The average Bonchev–Trinajstić information content (AvgIpc) is 2.66. The number of hydrogen-bond donors (Lipinski definition) is 4. The summed E-state index contributed by atoms with van der Waals surface area (Å²) in [6, 6.07) is 0.601. The van der Waals surface area contributed by atoms with Gasteiger partial charge in [-0.25, -0.2) is 4.79 Å². The van der Waals surface area contributed by atoms with Gasteiger partial charge in [-0.2, -0.15) is 13.2 Å². The van der Waals surface area contributed by atoms with Crippen molar-refractivity contribution in [1.29, 1.82) is 0 Å². The van der Waals surface area contributed by atoms with Crippen LogP contribution in [0.25, 0.3) is 0 Å². The van der Waals surface area contributed by atoms with E-state index in [1.54, 1.807) is 13.2 Å². The molecule has 1 aliphatic carbocycles. The average molecular weight is 516 g/mol. The van der Waals surface area contributed by atoms with Crippen LogP contribution in [0.4, 0.5) is 13.2 Å². The van der Waals surface area contributed by atoms with Crippen LogP contribution >= 0.6 is 15.9 Å². The highest BCUT2D eigenvalue weighted by Crippen LogP contribution is 2.28. The number of carbonyl (C=O) groups is 2. The third-order valence-corrected chi connectivity index (χ3v) is 5.12. The summed E-state index contributed by atoms with van der Waals surface area (Å²) in [7, 11) is 1.68. The van der Waals surface area contributed by atoms with E-state index in [1.807, 2.05) is 0 Å². The molecule has 0 aromatic carbocycles. The molecular formula is C18H25BrF3N3O6. The van der Waals surface area contributed by atoms with E-state index in [9.17, 15) is 27.9 Å². The third-order valence-electron chi connectivity index (χ3n) is 4.52. The fraction of sp³-hybridized carbons (Fsp3) is 0.611. The molecule has 0 aliphatic heterocycles. The minimum Gasteiger partial charge on any atom is -0.489 e. The Kier molecular flexibility index (Phi) is 9.97. The molecule has 2 unspecified atom stereocenters. The predicted octanol–water partition coefficient (Wildman–Crippen LogP) is 1.30. The maximum Gasteiger partial charge on any atom is 0.490 e. The van der Waals surface area contributed by atoms with E-state index in [1.165, 1.54) is 17.6 Å². The Hall–Kier alpha value is -2.12. The van der Waals surface area contributed by atoms with Crippen molar-refractivity contribution < 1.29 is 37.7 Å². The van der Waals surface area contributed by atoms with Crippen LogP contribution in [0, 0.1) is 0 Å². The highest BCUT2D eigenvalue weighted by atomic mass is 79.9. The number of ether oxygens (including phenoxy) is 1. The Balaban J connectivity index is 0.000000592. The van der Waals surface area contributed by atoms with Crippen molar-refractivity contribution in [1.82, 2.24) is 9.88 Å². The normalized spacial score (nSPS) is 20.6. The Morgan fingerprint density at radius 2 is 1.84 bits per heavy atom. The number of aliphatic hydroxyl groups excluding tert-OH is 1. The molecule has 0 bridgehead atoms. The van der Waals surface area contributed by atoms with Gasteiger partial charge in [-0.1, -0.05) is 0 Å². The van der Waals surface area contributed by atoms with Gasteiger partial charge in [0.2, 0.25) is 5.91 Å². The molecule has 1 amide bonds. The number of rotatable bonds is 5. The number of amides is 1. The standard InChI is InChI=1S/C16H24BrN3O4.C2HF3O2/c1-9(21)15(18)16(23)19-10-3-5-11(6-4-10)24-13-7-14(22)20(2)8-12(13)17;3-2(4,5)1(6)7/h7-11,15,21H,3-6,18H2,1-2H3,(H,19,23);(H,6,7)/t9?,10-,11-,15?;. The lowest BCUT2D eigenvalue weighted by Gasteiger charge is -2.30. The summed E-state index contributed by atoms with van der Waals surface area (Å²) in [6.45, 7) is 1.50. The lowest BCUT2D eigenvalue weighted by atomic mass is 9.92. The van der Waals surface area contributed by atoms with Gasteiger partial charge < -0.3 is 30.6 Å². The van der Waals surface area contributed by atoms with Crippen LogP contribution in [-0.4, -0.2) is 57.1 Å². The fourth-order valence-corrected chi connectivity index (χ4v) is 3.21. The van der Waals surface area contributed by atoms with E-state index in [-0.39, 0.29) is 23.6 Å². The molecule has 0 saturated heterocycles. The zero-order valence-corrected chi connectivity index (χ0v) is 18.4. The SMILES string of the molecule is CC(O)C(N)C(=O)N[C@H]1CC[C@H](Oc2cc(=O)n(C)cc2Br)CC1.O=C(O)C(F)(F)F. The summed E-state index contributed by atoms with van der Waals surface area (Å²) in [6.07, 6.45) is -1.18. The number of pyridine rings is 1. The summed E-state index contributed by atoms with van der Waals surface area (Å²) < 4.78 is 39.9. The zero-order valence-electron chi connectivity index (χ0n) is 16.9. The number of carboxylic acid groups (broad SMARTS) is 1. The van der Waals surface area contributed by atoms with Gasteiger partial charge >= 0.3 is 12.1 Å². The molecule has 0 radical (unpaired) electrons. The first-order valence-electron chi connectivity index (χ1n) is 9.29. The molecule has 176 valence electrons. The van der Waals surface area contributed by atoms with Gasteiger partial charge in [-0.05, 0) is 48.5 Å². The number of aliphatic carboxylic acids is 1. The minimum absolute atomic E-state index is 0.00648. The maximum atomic E-state index is 11.9. The Morgan fingerprint density at radius 3 is 2.29 bits per heavy atom. The van der Waals surface area contributed by atoms with Gasteiger partial charge in [0.05, 0.1) is 16.7 Å². The van der Waals surface area contributed by atoms with E-state index < -0.39 is 24.3 Å². The molecule has 1 aromatic heterocycles. The van der Waals surface area contributed by atoms with E-state index in [4.69, 9.17) is 20.4 Å². The molecule has 9 nitrogen and oxygen atoms in total. The van der Waals surface area contributed by atoms with Crippen molar-refractivity contribution >= 4 is 27.8 Å². The summed E-state index contributed by atoms with van der Waals surface area (Å²) in [5.74, 6) is -2.54. The van der Waals surface area contributed by atoms with Crippen LogP contribution in [0.15, 0.2) is 21.5 Å². The van der Waals surface area contributed by atoms with Gasteiger partial charge in [0.1, 0.15) is 11.8 Å². The third kappa shape index (κ3) is 8.87. The van der Waals surface area contributed by atoms with Gasteiger partial charge in [-0.15, -0.1) is 0 Å². The lowest BCUT2D eigenvalue weighted by Crippen LogP contribution is -2.51. The quantitative estimate of drug-likeness (QED) is 0.462. The first-order valence-corrected chi connectivity index (χ1v) is 10.1. The second-order valence-corrected chi connectivity index (χ2v) is 7.96. The van der Waals surface area contributed by atoms with Gasteiger partial charge in [0.25, 0.3) is 5.56 Å². The number of nitrogens with zero attached hydrogens (tertiary/aromatic N) is 1. The lowest BCUT2D eigenvalue weighted by molar-refractivity contribution is -0.192. The summed E-state index contributed by atoms with van der Waals surface area (Å²) in [4.78, 5) is 32.5. The maximum absolute atomic E-state index is 11.9. The number of nitrogens with two attached hydrogens (primary N) is 1. The van der Waals surface area contributed by atoms with Crippen LogP contribution in [-0.2, 0) is 16.6 Å².